The number of ether oxygens (including phenoxy) is 1. The lowest BCUT2D eigenvalue weighted by atomic mass is 9.94. The first-order valence-corrected chi connectivity index (χ1v) is 7.75. The fourth-order valence-corrected chi connectivity index (χ4v) is 3.15. The number of amides is 1. The highest BCUT2D eigenvalue weighted by Gasteiger charge is 2.29. The lowest BCUT2D eigenvalue weighted by molar-refractivity contribution is -0.119. The summed E-state index contributed by atoms with van der Waals surface area (Å²) in [6, 6.07) is 1.94. The Labute approximate surface area is 124 Å². The first-order valence-electron chi connectivity index (χ1n) is 6.07. The molecule has 104 valence electrons. The van der Waals surface area contributed by atoms with E-state index < -0.39 is 5.60 Å². The molecule has 0 atom stereocenters. The fraction of sp³-hybridized carbons (Fsp3) is 0.462. The molecule has 1 aromatic rings. The van der Waals surface area contributed by atoms with Crippen LogP contribution >= 0.6 is 27.3 Å². The Balaban J connectivity index is 1.79. The van der Waals surface area contributed by atoms with Crippen molar-refractivity contribution in [1.29, 1.82) is 0 Å². The summed E-state index contributed by atoms with van der Waals surface area (Å²) in [5.74, 6) is -0.190. The highest BCUT2D eigenvalue weighted by Crippen LogP contribution is 2.21. The molecule has 0 saturated carbocycles. The number of halogens is 1. The van der Waals surface area contributed by atoms with Crippen molar-refractivity contribution >= 4 is 39.2 Å². The second-order valence-corrected chi connectivity index (χ2v) is 6.41. The second-order valence-electron chi connectivity index (χ2n) is 4.56. The average Bonchev–Trinajstić information content (AvgIpc) is 2.81. The van der Waals surface area contributed by atoms with Gasteiger partial charge in [0.25, 0.3) is 0 Å². The van der Waals surface area contributed by atoms with Gasteiger partial charge in [0.1, 0.15) is 0 Å². The third kappa shape index (κ3) is 4.72. The Morgan fingerprint density at radius 2 is 2.32 bits per heavy atom. The summed E-state index contributed by atoms with van der Waals surface area (Å²) >= 11 is 4.92. The van der Waals surface area contributed by atoms with Crippen LogP contribution in [0.2, 0.25) is 0 Å². The predicted octanol–water partition coefficient (Wildman–Crippen LogP) is 2.18. The molecule has 1 aromatic heterocycles. The summed E-state index contributed by atoms with van der Waals surface area (Å²) in [6.07, 6.45) is 4.38. The molecular formula is C13H16BrNO3S. The SMILES string of the molecule is O=C(C=Cc1cc(Br)cs1)NCC1(O)CCOCC1. The van der Waals surface area contributed by atoms with Crippen LogP contribution in [0.25, 0.3) is 6.08 Å². The molecule has 6 heteroatoms. The van der Waals surface area contributed by atoms with Crippen molar-refractivity contribution in [3.8, 4) is 0 Å². The van der Waals surface area contributed by atoms with Crippen LogP contribution in [0, 0.1) is 0 Å². The molecule has 1 aliphatic rings. The molecule has 2 N–H and O–H groups in total. The number of nitrogens with one attached hydrogen (secondary N) is 1. The summed E-state index contributed by atoms with van der Waals surface area (Å²) in [7, 11) is 0. The van der Waals surface area contributed by atoms with Gasteiger partial charge in [-0.2, -0.15) is 0 Å². The van der Waals surface area contributed by atoms with Crippen LogP contribution in [0.3, 0.4) is 0 Å². The summed E-state index contributed by atoms with van der Waals surface area (Å²) in [4.78, 5) is 12.7. The third-order valence-electron chi connectivity index (χ3n) is 3.00. The molecule has 4 nitrogen and oxygen atoms in total. The van der Waals surface area contributed by atoms with Crippen LogP contribution in [0.5, 0.6) is 0 Å². The summed E-state index contributed by atoms with van der Waals surface area (Å²) in [6.45, 7) is 1.37. The first-order chi connectivity index (χ1) is 9.07. The lowest BCUT2D eigenvalue weighted by Gasteiger charge is -2.31. The van der Waals surface area contributed by atoms with E-state index in [1.54, 1.807) is 17.4 Å². The van der Waals surface area contributed by atoms with Crippen molar-refractivity contribution in [3.05, 3.63) is 26.9 Å². The number of thiophene rings is 1. The molecule has 0 aliphatic carbocycles. The highest BCUT2D eigenvalue weighted by molar-refractivity contribution is 9.10. The number of rotatable bonds is 4. The van der Waals surface area contributed by atoms with Crippen molar-refractivity contribution < 1.29 is 14.6 Å². The van der Waals surface area contributed by atoms with E-state index in [4.69, 9.17) is 4.74 Å². The fourth-order valence-electron chi connectivity index (χ4n) is 1.81. The quantitative estimate of drug-likeness (QED) is 0.822. The minimum atomic E-state index is -0.826. The maximum Gasteiger partial charge on any atom is 0.244 e. The Kier molecular flexibility index (Phi) is 5.15. The van der Waals surface area contributed by atoms with Gasteiger partial charge in [0, 0.05) is 53.4 Å². The normalized spacial score (nSPS) is 18.6. The minimum Gasteiger partial charge on any atom is -0.388 e. The standard InChI is InChI=1S/C13H16BrNO3S/c14-10-7-11(19-8-10)1-2-12(16)15-9-13(17)3-5-18-6-4-13/h1-2,7-8,17H,3-6,9H2,(H,15,16). The molecule has 0 radical (unpaired) electrons. The highest BCUT2D eigenvalue weighted by atomic mass is 79.9. The van der Waals surface area contributed by atoms with E-state index in [0.29, 0.717) is 26.1 Å². The number of hydrogen-bond acceptors (Lipinski definition) is 4. The molecule has 0 bridgehead atoms. The largest absolute Gasteiger partial charge is 0.388 e. The Morgan fingerprint density at radius 1 is 1.58 bits per heavy atom. The third-order valence-corrected chi connectivity index (χ3v) is 4.66. The van der Waals surface area contributed by atoms with E-state index in [1.807, 2.05) is 11.4 Å². The first kappa shape index (κ1) is 14.7. The zero-order chi connectivity index (χ0) is 13.7. The Bertz CT molecular complexity index is 466. The zero-order valence-corrected chi connectivity index (χ0v) is 12.8. The van der Waals surface area contributed by atoms with Crippen LogP contribution in [-0.2, 0) is 9.53 Å². The maximum atomic E-state index is 11.7. The van der Waals surface area contributed by atoms with Gasteiger partial charge in [0.05, 0.1) is 5.60 Å². The van der Waals surface area contributed by atoms with E-state index in [0.717, 1.165) is 9.35 Å². The van der Waals surface area contributed by atoms with Gasteiger partial charge >= 0.3 is 0 Å². The van der Waals surface area contributed by atoms with Gasteiger partial charge in [0.15, 0.2) is 0 Å². The summed E-state index contributed by atoms with van der Waals surface area (Å²) in [5.41, 5.74) is -0.826. The van der Waals surface area contributed by atoms with Gasteiger partial charge in [-0.25, -0.2) is 0 Å². The number of carbonyl (C=O) groups is 1. The van der Waals surface area contributed by atoms with Gasteiger partial charge < -0.3 is 15.2 Å². The van der Waals surface area contributed by atoms with Crippen molar-refractivity contribution in [1.82, 2.24) is 5.32 Å². The minimum absolute atomic E-state index is 0.190. The van der Waals surface area contributed by atoms with E-state index in [-0.39, 0.29) is 12.5 Å². The average molecular weight is 346 g/mol. The van der Waals surface area contributed by atoms with Crippen LogP contribution in [0.15, 0.2) is 22.0 Å². The summed E-state index contributed by atoms with van der Waals surface area (Å²) in [5, 5.41) is 14.9. The lowest BCUT2D eigenvalue weighted by Crippen LogP contribution is -2.46. The smallest absolute Gasteiger partial charge is 0.244 e. The van der Waals surface area contributed by atoms with Crippen LogP contribution in [-0.4, -0.2) is 36.4 Å². The van der Waals surface area contributed by atoms with Gasteiger partial charge in [0.2, 0.25) is 5.91 Å². The molecule has 0 aromatic carbocycles. The topological polar surface area (TPSA) is 58.6 Å². The van der Waals surface area contributed by atoms with Crippen LogP contribution < -0.4 is 5.32 Å². The number of hydrogen-bond donors (Lipinski definition) is 2. The van der Waals surface area contributed by atoms with Crippen LogP contribution in [0.4, 0.5) is 0 Å². The van der Waals surface area contributed by atoms with E-state index in [9.17, 15) is 9.90 Å². The molecule has 1 aliphatic heterocycles. The Morgan fingerprint density at radius 3 is 2.95 bits per heavy atom. The van der Waals surface area contributed by atoms with Crippen molar-refractivity contribution in [2.24, 2.45) is 0 Å². The molecule has 1 fully saturated rings. The molecule has 19 heavy (non-hydrogen) atoms. The van der Waals surface area contributed by atoms with Gasteiger partial charge in [-0.3, -0.25) is 4.79 Å². The number of aliphatic hydroxyl groups is 1. The molecule has 0 unspecified atom stereocenters. The summed E-state index contributed by atoms with van der Waals surface area (Å²) < 4.78 is 6.20. The second kappa shape index (κ2) is 6.65. The molecular weight excluding hydrogens is 330 g/mol. The predicted molar refractivity (Wildman–Crippen MR) is 79.1 cm³/mol. The molecule has 0 spiro atoms. The van der Waals surface area contributed by atoms with Gasteiger partial charge in [-0.1, -0.05) is 0 Å². The molecule has 2 rings (SSSR count). The van der Waals surface area contributed by atoms with Crippen LogP contribution in [0.1, 0.15) is 17.7 Å². The van der Waals surface area contributed by atoms with Gasteiger partial charge in [-0.05, 0) is 28.1 Å². The molecule has 2 heterocycles. The number of carbonyl (C=O) groups excluding carboxylic acids is 1. The monoisotopic (exact) mass is 345 g/mol. The Hall–Kier alpha value is -0.690. The van der Waals surface area contributed by atoms with Gasteiger partial charge in [-0.15, -0.1) is 11.3 Å². The van der Waals surface area contributed by atoms with E-state index >= 15 is 0 Å². The maximum absolute atomic E-state index is 11.7. The van der Waals surface area contributed by atoms with Crippen molar-refractivity contribution in [3.63, 3.8) is 0 Å². The van der Waals surface area contributed by atoms with Crippen molar-refractivity contribution in [2.45, 2.75) is 18.4 Å². The van der Waals surface area contributed by atoms with Crippen molar-refractivity contribution in [2.75, 3.05) is 19.8 Å². The molecule has 1 amide bonds. The molecule has 1 saturated heterocycles. The van der Waals surface area contributed by atoms with E-state index in [1.165, 1.54) is 6.08 Å². The van der Waals surface area contributed by atoms with E-state index in [2.05, 4.69) is 21.2 Å². The zero-order valence-electron chi connectivity index (χ0n) is 10.4.